The molecule has 2 heterocycles. The molecule has 0 radical (unpaired) electrons. The first-order chi connectivity index (χ1) is 14.0. The SMILES string of the molecule is O=C(c1ccc(Cl)cc1)N1CCN(C(=NC2(C(=O)O)CC2)c2ccccn2)CC1. The third kappa shape index (κ3) is 4.10. The Morgan fingerprint density at radius 2 is 1.66 bits per heavy atom. The molecule has 1 N–H and O–H groups in total. The second-order valence-corrected chi connectivity index (χ2v) is 7.71. The van der Waals surface area contributed by atoms with Gasteiger partial charge in [0.25, 0.3) is 5.91 Å². The molecule has 1 saturated heterocycles. The first kappa shape index (κ1) is 19.4. The van der Waals surface area contributed by atoms with E-state index in [4.69, 9.17) is 11.6 Å². The maximum Gasteiger partial charge on any atom is 0.331 e. The van der Waals surface area contributed by atoms with E-state index in [1.54, 1.807) is 35.4 Å². The quantitative estimate of drug-likeness (QED) is 0.616. The zero-order valence-corrected chi connectivity index (χ0v) is 16.5. The number of rotatable bonds is 4. The Labute approximate surface area is 173 Å². The number of carbonyl (C=O) groups excluding carboxylic acids is 1. The summed E-state index contributed by atoms with van der Waals surface area (Å²) in [5, 5.41) is 10.1. The van der Waals surface area contributed by atoms with E-state index in [0.29, 0.717) is 61.1 Å². The largest absolute Gasteiger partial charge is 0.479 e. The summed E-state index contributed by atoms with van der Waals surface area (Å²) in [7, 11) is 0. The molecule has 0 atom stereocenters. The lowest BCUT2D eigenvalue weighted by Gasteiger charge is -2.36. The fourth-order valence-corrected chi connectivity index (χ4v) is 3.50. The molecule has 1 aromatic heterocycles. The van der Waals surface area contributed by atoms with Crippen LogP contribution in [-0.4, -0.2) is 69.3 Å². The number of aliphatic imine (C=N–C) groups is 1. The summed E-state index contributed by atoms with van der Waals surface area (Å²) < 4.78 is 0. The number of pyridine rings is 1. The topological polar surface area (TPSA) is 86.1 Å². The Kier molecular flexibility index (Phi) is 5.24. The summed E-state index contributed by atoms with van der Waals surface area (Å²) in [5.41, 5.74) is 0.213. The molecular weight excluding hydrogens is 392 g/mol. The van der Waals surface area contributed by atoms with E-state index in [1.807, 2.05) is 23.1 Å². The highest BCUT2D eigenvalue weighted by atomic mass is 35.5. The summed E-state index contributed by atoms with van der Waals surface area (Å²) in [5.74, 6) is -0.353. The van der Waals surface area contributed by atoms with Crippen LogP contribution in [0.4, 0.5) is 0 Å². The lowest BCUT2D eigenvalue weighted by Crippen LogP contribution is -2.51. The minimum atomic E-state index is -1.04. The van der Waals surface area contributed by atoms with E-state index >= 15 is 0 Å². The van der Waals surface area contributed by atoms with Gasteiger partial charge in [0.1, 0.15) is 5.69 Å². The number of halogens is 1. The second kappa shape index (κ2) is 7.83. The van der Waals surface area contributed by atoms with Gasteiger partial charge in [-0.3, -0.25) is 9.78 Å². The van der Waals surface area contributed by atoms with Crippen molar-refractivity contribution < 1.29 is 14.7 Å². The van der Waals surface area contributed by atoms with Crippen molar-refractivity contribution in [1.82, 2.24) is 14.8 Å². The van der Waals surface area contributed by atoms with Crippen molar-refractivity contribution in [2.45, 2.75) is 18.4 Å². The van der Waals surface area contributed by atoms with Crippen molar-refractivity contribution in [3.8, 4) is 0 Å². The predicted molar refractivity (Wildman–Crippen MR) is 109 cm³/mol. The molecule has 0 unspecified atom stereocenters. The van der Waals surface area contributed by atoms with E-state index in [0.717, 1.165) is 0 Å². The minimum Gasteiger partial charge on any atom is -0.479 e. The number of hydrogen-bond donors (Lipinski definition) is 1. The lowest BCUT2D eigenvalue weighted by molar-refractivity contribution is -0.139. The van der Waals surface area contributed by atoms with Crippen LogP contribution in [0.5, 0.6) is 0 Å². The number of carbonyl (C=O) groups is 2. The molecule has 8 heteroatoms. The Morgan fingerprint density at radius 1 is 1.00 bits per heavy atom. The highest BCUT2D eigenvalue weighted by molar-refractivity contribution is 6.30. The zero-order valence-electron chi connectivity index (χ0n) is 15.8. The van der Waals surface area contributed by atoms with Crippen LogP contribution in [0.3, 0.4) is 0 Å². The highest BCUT2D eigenvalue weighted by Gasteiger charge is 2.51. The fourth-order valence-electron chi connectivity index (χ4n) is 3.38. The molecule has 1 aliphatic heterocycles. The Balaban J connectivity index is 1.51. The van der Waals surface area contributed by atoms with Gasteiger partial charge >= 0.3 is 5.97 Å². The molecule has 2 fully saturated rings. The second-order valence-electron chi connectivity index (χ2n) is 7.27. The van der Waals surface area contributed by atoms with Crippen LogP contribution >= 0.6 is 11.6 Å². The summed E-state index contributed by atoms with van der Waals surface area (Å²) in [6.07, 6.45) is 2.74. The maximum atomic E-state index is 12.7. The zero-order chi connectivity index (χ0) is 20.4. The van der Waals surface area contributed by atoms with Gasteiger partial charge in [0.05, 0.1) is 0 Å². The average Bonchev–Trinajstić information content (AvgIpc) is 3.54. The van der Waals surface area contributed by atoms with Gasteiger partial charge in [-0.05, 0) is 49.2 Å². The van der Waals surface area contributed by atoms with E-state index in [9.17, 15) is 14.7 Å². The maximum absolute atomic E-state index is 12.7. The van der Waals surface area contributed by atoms with Gasteiger partial charge in [0.2, 0.25) is 0 Å². The summed E-state index contributed by atoms with van der Waals surface area (Å²) in [6.45, 7) is 2.16. The Bertz CT molecular complexity index is 934. The number of carboxylic acid groups (broad SMARTS) is 1. The monoisotopic (exact) mass is 412 g/mol. The number of benzene rings is 1. The number of hydrogen-bond acceptors (Lipinski definition) is 4. The van der Waals surface area contributed by atoms with Crippen LogP contribution in [0.25, 0.3) is 0 Å². The molecule has 1 saturated carbocycles. The van der Waals surface area contributed by atoms with Crippen LogP contribution < -0.4 is 0 Å². The number of amides is 1. The lowest BCUT2D eigenvalue weighted by atomic mass is 10.1. The van der Waals surface area contributed by atoms with Crippen LogP contribution in [0.1, 0.15) is 28.9 Å². The molecule has 2 aliphatic rings. The highest BCUT2D eigenvalue weighted by Crippen LogP contribution is 2.40. The Morgan fingerprint density at radius 3 is 2.21 bits per heavy atom. The average molecular weight is 413 g/mol. The van der Waals surface area contributed by atoms with Crippen molar-refractivity contribution in [1.29, 1.82) is 0 Å². The summed E-state index contributed by atoms with van der Waals surface area (Å²) >= 11 is 5.90. The van der Waals surface area contributed by atoms with E-state index in [-0.39, 0.29) is 5.91 Å². The Hall–Kier alpha value is -2.93. The fraction of sp³-hybridized carbons (Fsp3) is 0.333. The minimum absolute atomic E-state index is 0.0400. The molecule has 0 spiro atoms. The van der Waals surface area contributed by atoms with Crippen molar-refractivity contribution in [3.63, 3.8) is 0 Å². The molecule has 1 aromatic carbocycles. The van der Waals surface area contributed by atoms with Gasteiger partial charge in [-0.15, -0.1) is 0 Å². The van der Waals surface area contributed by atoms with Crippen LogP contribution in [0, 0.1) is 0 Å². The van der Waals surface area contributed by atoms with Gasteiger partial charge in [0.15, 0.2) is 11.4 Å². The van der Waals surface area contributed by atoms with Crippen LogP contribution in [-0.2, 0) is 4.79 Å². The van der Waals surface area contributed by atoms with E-state index in [2.05, 4.69) is 9.98 Å². The van der Waals surface area contributed by atoms with E-state index < -0.39 is 11.5 Å². The first-order valence-electron chi connectivity index (χ1n) is 9.53. The van der Waals surface area contributed by atoms with E-state index in [1.165, 1.54) is 0 Å². The van der Waals surface area contributed by atoms with Crippen LogP contribution in [0.2, 0.25) is 5.02 Å². The number of amidine groups is 1. The van der Waals surface area contributed by atoms with Gasteiger partial charge in [-0.2, -0.15) is 0 Å². The standard InChI is InChI=1S/C21H21ClN4O3/c22-16-6-4-15(5-7-16)19(27)26-13-11-25(12-14-26)18(17-3-1-2-10-23-17)24-21(8-9-21)20(28)29/h1-7,10H,8-9,11-14H2,(H,28,29). The predicted octanol–water partition coefficient (Wildman–Crippen LogP) is 2.56. The molecular formula is C21H21ClN4O3. The number of aromatic nitrogens is 1. The van der Waals surface area contributed by atoms with Crippen molar-refractivity contribution in [3.05, 3.63) is 64.9 Å². The van der Waals surface area contributed by atoms with Gasteiger partial charge in [-0.25, -0.2) is 9.79 Å². The molecule has 4 rings (SSSR count). The normalized spacial score (nSPS) is 18.4. The molecule has 1 amide bonds. The number of nitrogens with zero attached hydrogens (tertiary/aromatic N) is 4. The van der Waals surface area contributed by atoms with Gasteiger partial charge in [0, 0.05) is 43.0 Å². The number of piperazine rings is 1. The molecule has 7 nitrogen and oxygen atoms in total. The smallest absolute Gasteiger partial charge is 0.331 e. The van der Waals surface area contributed by atoms with Crippen molar-refractivity contribution >= 4 is 29.3 Å². The molecule has 29 heavy (non-hydrogen) atoms. The van der Waals surface area contributed by atoms with Gasteiger partial charge < -0.3 is 14.9 Å². The van der Waals surface area contributed by atoms with Crippen LogP contribution in [0.15, 0.2) is 53.7 Å². The third-order valence-corrected chi connectivity index (χ3v) is 5.55. The van der Waals surface area contributed by atoms with Crippen molar-refractivity contribution in [2.24, 2.45) is 4.99 Å². The first-order valence-corrected chi connectivity index (χ1v) is 9.91. The van der Waals surface area contributed by atoms with Crippen molar-refractivity contribution in [2.75, 3.05) is 26.2 Å². The number of aliphatic carboxylic acids is 1. The third-order valence-electron chi connectivity index (χ3n) is 5.29. The number of carboxylic acids is 1. The molecule has 1 aliphatic carbocycles. The summed E-state index contributed by atoms with van der Waals surface area (Å²) in [6, 6.07) is 12.4. The molecule has 150 valence electrons. The molecule has 0 bridgehead atoms. The molecule has 2 aromatic rings. The summed E-state index contributed by atoms with van der Waals surface area (Å²) in [4.78, 5) is 37.2. The van der Waals surface area contributed by atoms with Gasteiger partial charge in [-0.1, -0.05) is 17.7 Å².